The van der Waals surface area contributed by atoms with Crippen molar-refractivity contribution in [2.75, 3.05) is 0 Å². The smallest absolute Gasteiger partial charge is 0.152 e. The lowest BCUT2D eigenvalue weighted by Gasteiger charge is -1.98. The van der Waals surface area contributed by atoms with Gasteiger partial charge in [0.05, 0.1) is 5.69 Å². The molecule has 1 heterocycles. The number of aromatic amines is 1. The zero-order chi connectivity index (χ0) is 9.97. The van der Waals surface area contributed by atoms with E-state index in [0.29, 0.717) is 5.56 Å². The lowest BCUT2D eigenvalue weighted by Crippen LogP contribution is -1.84. The van der Waals surface area contributed by atoms with Crippen molar-refractivity contribution >= 4 is 6.29 Å². The average molecular weight is 189 g/mol. The average Bonchev–Trinajstić information content (AvgIpc) is 2.67. The molecule has 0 atom stereocenters. The number of nitrogens with one attached hydrogen (secondary N) is 1. The maximum atomic E-state index is 12.6. The van der Waals surface area contributed by atoms with E-state index >= 15 is 0 Å². The molecule has 0 radical (unpaired) electrons. The van der Waals surface area contributed by atoms with Gasteiger partial charge in [0.15, 0.2) is 6.29 Å². The molecule has 1 aromatic heterocycles. The summed E-state index contributed by atoms with van der Waals surface area (Å²) >= 11 is 0. The first-order valence-electron chi connectivity index (χ1n) is 4.20. The van der Waals surface area contributed by atoms with Crippen molar-refractivity contribution in [2.45, 2.75) is 0 Å². The summed E-state index contributed by atoms with van der Waals surface area (Å²) in [6.45, 7) is 0. The minimum atomic E-state index is -0.284. The van der Waals surface area contributed by atoms with Crippen molar-refractivity contribution in [1.82, 2.24) is 4.98 Å². The summed E-state index contributed by atoms with van der Waals surface area (Å²) in [5, 5.41) is 0. The van der Waals surface area contributed by atoms with Crippen molar-refractivity contribution in [3.8, 4) is 11.3 Å². The molecule has 2 rings (SSSR count). The molecule has 1 aromatic carbocycles. The van der Waals surface area contributed by atoms with Crippen LogP contribution in [-0.4, -0.2) is 11.3 Å². The van der Waals surface area contributed by atoms with Gasteiger partial charge >= 0.3 is 0 Å². The van der Waals surface area contributed by atoms with E-state index in [2.05, 4.69) is 4.98 Å². The van der Waals surface area contributed by atoms with Crippen molar-refractivity contribution in [1.29, 1.82) is 0 Å². The van der Waals surface area contributed by atoms with Crippen LogP contribution >= 0.6 is 0 Å². The van der Waals surface area contributed by atoms with Gasteiger partial charge in [-0.3, -0.25) is 4.79 Å². The Morgan fingerprint density at radius 1 is 1.14 bits per heavy atom. The van der Waals surface area contributed by atoms with Gasteiger partial charge in [-0.25, -0.2) is 4.39 Å². The number of rotatable bonds is 2. The molecule has 14 heavy (non-hydrogen) atoms. The summed E-state index contributed by atoms with van der Waals surface area (Å²) < 4.78 is 12.6. The van der Waals surface area contributed by atoms with Gasteiger partial charge in [0, 0.05) is 11.8 Å². The monoisotopic (exact) mass is 189 g/mol. The topological polar surface area (TPSA) is 32.9 Å². The van der Waals surface area contributed by atoms with Crippen LogP contribution in [0.2, 0.25) is 0 Å². The Morgan fingerprint density at radius 3 is 2.50 bits per heavy atom. The molecule has 2 aromatic rings. The maximum absolute atomic E-state index is 12.6. The van der Waals surface area contributed by atoms with E-state index in [9.17, 15) is 9.18 Å². The van der Waals surface area contributed by atoms with Gasteiger partial charge in [-0.1, -0.05) is 0 Å². The number of H-pyrrole nitrogens is 1. The van der Waals surface area contributed by atoms with Gasteiger partial charge in [-0.05, 0) is 35.9 Å². The molecule has 0 unspecified atom stereocenters. The van der Waals surface area contributed by atoms with E-state index in [4.69, 9.17) is 0 Å². The van der Waals surface area contributed by atoms with Gasteiger partial charge in [-0.15, -0.1) is 0 Å². The standard InChI is InChI=1S/C11H8FNO/c12-10-3-1-8(2-4-10)11-9(7-14)5-6-13-11/h1-7,13H. The highest BCUT2D eigenvalue weighted by Crippen LogP contribution is 2.20. The predicted octanol–water partition coefficient (Wildman–Crippen LogP) is 2.63. The van der Waals surface area contributed by atoms with E-state index in [1.165, 1.54) is 12.1 Å². The second kappa shape index (κ2) is 3.46. The third kappa shape index (κ3) is 1.44. The van der Waals surface area contributed by atoms with Gasteiger partial charge in [-0.2, -0.15) is 0 Å². The second-order valence-electron chi connectivity index (χ2n) is 2.93. The first-order chi connectivity index (χ1) is 6.81. The summed E-state index contributed by atoms with van der Waals surface area (Å²) in [6, 6.07) is 7.68. The number of hydrogen-bond donors (Lipinski definition) is 1. The van der Waals surface area contributed by atoms with Crippen LogP contribution in [-0.2, 0) is 0 Å². The molecule has 0 saturated carbocycles. The van der Waals surface area contributed by atoms with Gasteiger partial charge < -0.3 is 4.98 Å². The Bertz CT molecular complexity index is 445. The van der Waals surface area contributed by atoms with Crippen LogP contribution in [0.4, 0.5) is 4.39 Å². The summed E-state index contributed by atoms with van der Waals surface area (Å²) in [6.07, 6.45) is 2.46. The van der Waals surface area contributed by atoms with Crippen LogP contribution < -0.4 is 0 Å². The fraction of sp³-hybridized carbons (Fsp3) is 0. The Labute approximate surface area is 80.4 Å². The van der Waals surface area contributed by atoms with Gasteiger partial charge in [0.25, 0.3) is 0 Å². The predicted molar refractivity (Wildman–Crippen MR) is 51.6 cm³/mol. The Kier molecular flexibility index (Phi) is 2.14. The van der Waals surface area contributed by atoms with Crippen LogP contribution in [0.3, 0.4) is 0 Å². The van der Waals surface area contributed by atoms with E-state index in [1.54, 1.807) is 24.4 Å². The highest BCUT2D eigenvalue weighted by atomic mass is 19.1. The molecule has 2 nitrogen and oxygen atoms in total. The normalized spacial score (nSPS) is 10.1. The number of hydrogen-bond acceptors (Lipinski definition) is 1. The van der Waals surface area contributed by atoms with Crippen LogP contribution in [0.15, 0.2) is 36.5 Å². The molecule has 0 aliphatic rings. The molecule has 0 spiro atoms. The number of aldehydes is 1. The van der Waals surface area contributed by atoms with Crippen LogP contribution in [0.5, 0.6) is 0 Å². The SMILES string of the molecule is O=Cc1cc[nH]c1-c1ccc(F)cc1. The minimum Gasteiger partial charge on any atom is -0.361 e. The molecule has 0 fully saturated rings. The molecule has 0 saturated heterocycles. The van der Waals surface area contributed by atoms with E-state index in [1.807, 2.05) is 0 Å². The number of halogens is 1. The van der Waals surface area contributed by atoms with Gasteiger partial charge in [0.2, 0.25) is 0 Å². The number of carbonyl (C=O) groups is 1. The molecule has 0 aliphatic heterocycles. The molecule has 1 N–H and O–H groups in total. The zero-order valence-electron chi connectivity index (χ0n) is 7.33. The first-order valence-corrected chi connectivity index (χ1v) is 4.20. The summed E-state index contributed by atoms with van der Waals surface area (Å²) in [5.74, 6) is -0.284. The molecule has 3 heteroatoms. The van der Waals surface area contributed by atoms with Crippen LogP contribution in [0.25, 0.3) is 11.3 Å². The van der Waals surface area contributed by atoms with Crippen molar-refractivity contribution < 1.29 is 9.18 Å². The van der Waals surface area contributed by atoms with E-state index in [-0.39, 0.29) is 5.82 Å². The third-order valence-corrected chi connectivity index (χ3v) is 2.04. The quantitative estimate of drug-likeness (QED) is 0.724. The molecule has 70 valence electrons. The highest BCUT2D eigenvalue weighted by Gasteiger charge is 2.04. The summed E-state index contributed by atoms with van der Waals surface area (Å²) in [5.41, 5.74) is 2.11. The second-order valence-corrected chi connectivity index (χ2v) is 2.93. The Hall–Kier alpha value is -1.90. The van der Waals surface area contributed by atoms with Crippen molar-refractivity contribution in [3.63, 3.8) is 0 Å². The van der Waals surface area contributed by atoms with Crippen molar-refractivity contribution in [2.24, 2.45) is 0 Å². The van der Waals surface area contributed by atoms with Crippen LogP contribution in [0, 0.1) is 5.82 Å². The third-order valence-electron chi connectivity index (χ3n) is 2.04. The largest absolute Gasteiger partial charge is 0.361 e. The van der Waals surface area contributed by atoms with Crippen molar-refractivity contribution in [3.05, 3.63) is 47.9 Å². The highest BCUT2D eigenvalue weighted by molar-refractivity contribution is 5.85. The Morgan fingerprint density at radius 2 is 1.86 bits per heavy atom. The molecular weight excluding hydrogens is 181 g/mol. The summed E-state index contributed by atoms with van der Waals surface area (Å²) in [7, 11) is 0. The lowest BCUT2D eigenvalue weighted by molar-refractivity contribution is 0.112. The summed E-state index contributed by atoms with van der Waals surface area (Å²) in [4.78, 5) is 13.6. The molecule has 0 amide bonds. The first kappa shape index (κ1) is 8.69. The van der Waals surface area contributed by atoms with E-state index < -0.39 is 0 Å². The number of carbonyl (C=O) groups excluding carboxylic acids is 1. The van der Waals surface area contributed by atoms with E-state index in [0.717, 1.165) is 17.5 Å². The fourth-order valence-electron chi connectivity index (χ4n) is 1.35. The van der Waals surface area contributed by atoms with Crippen LogP contribution in [0.1, 0.15) is 10.4 Å². The maximum Gasteiger partial charge on any atom is 0.152 e. The molecule has 0 bridgehead atoms. The zero-order valence-corrected chi connectivity index (χ0v) is 7.33. The number of benzene rings is 1. The number of aromatic nitrogens is 1. The lowest BCUT2D eigenvalue weighted by atomic mass is 10.1. The minimum absolute atomic E-state index is 0.284. The fourth-order valence-corrected chi connectivity index (χ4v) is 1.35. The Balaban J connectivity index is 2.49. The van der Waals surface area contributed by atoms with Gasteiger partial charge in [0.1, 0.15) is 5.82 Å². The molecular formula is C11H8FNO. The molecule has 0 aliphatic carbocycles.